The number of nitrogen functional groups attached to an aromatic ring is 1. The molecule has 0 saturated carbocycles. The fraction of sp³-hybridized carbons (Fsp3) is 0.250. The number of hydrogen-bond donors (Lipinski definition) is 1. The molecule has 2 rings (SSSR count). The second kappa shape index (κ2) is 4.35. The van der Waals surface area contributed by atoms with Gasteiger partial charge in [-0.1, -0.05) is 0 Å². The van der Waals surface area contributed by atoms with Crippen LogP contribution in [0.3, 0.4) is 0 Å². The van der Waals surface area contributed by atoms with E-state index in [1.807, 2.05) is 6.92 Å². The minimum Gasteiger partial charge on any atom is -0.467 e. The normalized spacial score (nSPS) is 10.4. The third-order valence-electron chi connectivity index (χ3n) is 1.57. The summed E-state index contributed by atoms with van der Waals surface area (Å²) in [4.78, 5) is 15.8. The molecule has 0 fully saturated rings. The molecule has 0 spiro atoms. The van der Waals surface area contributed by atoms with Gasteiger partial charge >= 0.3 is 6.01 Å². The van der Waals surface area contributed by atoms with Gasteiger partial charge in [0, 0.05) is 11.8 Å². The number of rotatable bonds is 3. The van der Waals surface area contributed by atoms with Gasteiger partial charge in [0.05, 0.1) is 12.8 Å². The monoisotopic (exact) mass is 239 g/mol. The molecule has 84 valence electrons. The minimum absolute atomic E-state index is 0.0950. The molecule has 0 aliphatic rings. The van der Waals surface area contributed by atoms with Crippen LogP contribution in [0.5, 0.6) is 6.01 Å². The van der Waals surface area contributed by atoms with Crippen LogP contribution in [0.15, 0.2) is 21.1 Å². The van der Waals surface area contributed by atoms with E-state index in [9.17, 15) is 0 Å². The molecule has 0 radical (unpaired) electrons. The Morgan fingerprint density at radius 2 is 2.12 bits per heavy atom. The zero-order valence-corrected chi connectivity index (χ0v) is 9.48. The third-order valence-corrected chi connectivity index (χ3v) is 2.30. The lowest BCUT2D eigenvalue weighted by atomic mass is 10.6. The molecule has 0 aliphatic carbocycles. The van der Waals surface area contributed by atoms with Gasteiger partial charge in [-0.3, -0.25) is 0 Å². The molecule has 0 aliphatic heterocycles. The first-order valence-electron chi connectivity index (χ1n) is 4.33. The van der Waals surface area contributed by atoms with Gasteiger partial charge in [-0.25, -0.2) is 4.98 Å². The molecule has 2 heterocycles. The lowest BCUT2D eigenvalue weighted by Gasteiger charge is -2.00. The van der Waals surface area contributed by atoms with E-state index >= 15 is 0 Å². The Morgan fingerprint density at radius 1 is 1.31 bits per heavy atom. The van der Waals surface area contributed by atoms with Crippen LogP contribution >= 0.6 is 11.8 Å². The summed E-state index contributed by atoms with van der Waals surface area (Å²) in [6.45, 7) is 1.83. The molecule has 2 aromatic heterocycles. The van der Waals surface area contributed by atoms with Gasteiger partial charge in [0.2, 0.25) is 11.1 Å². The summed E-state index contributed by atoms with van der Waals surface area (Å²) in [6, 6.07) is 0.165. The Labute approximate surface area is 95.5 Å². The van der Waals surface area contributed by atoms with E-state index in [0.29, 0.717) is 10.4 Å². The minimum atomic E-state index is 0.0950. The van der Waals surface area contributed by atoms with Crippen molar-refractivity contribution in [3.05, 3.63) is 12.0 Å². The zero-order chi connectivity index (χ0) is 11.5. The number of nitrogens with zero attached hydrogens (tertiary/aromatic N) is 4. The van der Waals surface area contributed by atoms with E-state index in [1.165, 1.54) is 7.11 Å². The van der Waals surface area contributed by atoms with E-state index in [1.54, 1.807) is 6.26 Å². The van der Waals surface area contributed by atoms with Gasteiger partial charge < -0.3 is 14.9 Å². The summed E-state index contributed by atoms with van der Waals surface area (Å²) in [5.41, 5.74) is 6.28. The van der Waals surface area contributed by atoms with Crippen LogP contribution < -0.4 is 10.5 Å². The lowest BCUT2D eigenvalue weighted by Crippen LogP contribution is -2.01. The number of methoxy groups -OCH3 is 1. The van der Waals surface area contributed by atoms with E-state index in [-0.39, 0.29) is 12.0 Å². The van der Waals surface area contributed by atoms with Crippen molar-refractivity contribution in [2.45, 2.75) is 17.3 Å². The van der Waals surface area contributed by atoms with Crippen LogP contribution in [0.25, 0.3) is 0 Å². The maximum atomic E-state index is 5.49. The van der Waals surface area contributed by atoms with Gasteiger partial charge in [-0.2, -0.15) is 15.0 Å². The Balaban J connectivity index is 2.24. The van der Waals surface area contributed by atoms with Crippen LogP contribution in [0, 0.1) is 6.92 Å². The molecular formula is C8H9N5O2S. The van der Waals surface area contributed by atoms with Crippen LogP contribution in [0.1, 0.15) is 5.69 Å². The van der Waals surface area contributed by atoms with Gasteiger partial charge in [0.15, 0.2) is 0 Å². The molecule has 7 nitrogen and oxygen atoms in total. The fourth-order valence-corrected chi connectivity index (χ4v) is 1.65. The first-order valence-corrected chi connectivity index (χ1v) is 5.14. The SMILES string of the molecule is COc1nc(N)nc(Sc2nc(C)co2)n1. The summed E-state index contributed by atoms with van der Waals surface area (Å²) in [5.74, 6) is 0.0950. The van der Waals surface area contributed by atoms with E-state index in [2.05, 4.69) is 19.9 Å². The first-order chi connectivity index (χ1) is 7.67. The average molecular weight is 239 g/mol. The largest absolute Gasteiger partial charge is 0.467 e. The molecule has 0 unspecified atom stereocenters. The highest BCUT2D eigenvalue weighted by Gasteiger charge is 2.09. The smallest absolute Gasteiger partial charge is 0.321 e. The molecule has 0 amide bonds. The van der Waals surface area contributed by atoms with Crippen LogP contribution in [-0.2, 0) is 0 Å². The van der Waals surface area contributed by atoms with Crippen molar-refractivity contribution in [2.75, 3.05) is 12.8 Å². The molecule has 0 saturated heterocycles. The van der Waals surface area contributed by atoms with E-state index < -0.39 is 0 Å². The number of ether oxygens (including phenoxy) is 1. The Hall–Kier alpha value is -1.83. The van der Waals surface area contributed by atoms with Crippen molar-refractivity contribution in [3.63, 3.8) is 0 Å². The first kappa shape index (κ1) is 10.7. The van der Waals surface area contributed by atoms with Gasteiger partial charge in [-0.05, 0) is 6.92 Å². The zero-order valence-electron chi connectivity index (χ0n) is 8.67. The predicted octanol–water partition coefficient (Wildman–Crippen LogP) is 0.910. The van der Waals surface area contributed by atoms with Crippen molar-refractivity contribution in [1.29, 1.82) is 0 Å². The quantitative estimate of drug-likeness (QED) is 0.843. The highest BCUT2D eigenvalue weighted by Crippen LogP contribution is 2.24. The molecular weight excluding hydrogens is 230 g/mol. The van der Waals surface area contributed by atoms with Gasteiger partial charge in [0.25, 0.3) is 5.22 Å². The maximum Gasteiger partial charge on any atom is 0.321 e. The second-order valence-electron chi connectivity index (χ2n) is 2.82. The predicted molar refractivity (Wildman–Crippen MR) is 56.2 cm³/mol. The summed E-state index contributed by atoms with van der Waals surface area (Å²) in [5, 5.41) is 0.830. The number of anilines is 1. The topological polar surface area (TPSA) is 100.0 Å². The van der Waals surface area contributed by atoms with Crippen molar-refractivity contribution < 1.29 is 9.15 Å². The molecule has 0 bridgehead atoms. The summed E-state index contributed by atoms with van der Waals surface area (Å²) in [7, 11) is 1.46. The Kier molecular flexibility index (Phi) is 2.91. The molecule has 2 N–H and O–H groups in total. The number of nitrogens with two attached hydrogens (primary N) is 1. The standard InChI is InChI=1S/C8H9N5O2S/c1-4-3-15-8(10-4)16-7-12-5(9)11-6(13-7)14-2/h3H,1-2H3,(H2,9,11,12,13). The number of oxazole rings is 1. The summed E-state index contributed by atoms with van der Waals surface area (Å²) in [6.07, 6.45) is 1.55. The van der Waals surface area contributed by atoms with E-state index in [4.69, 9.17) is 14.9 Å². The lowest BCUT2D eigenvalue weighted by molar-refractivity contribution is 0.373. The Bertz CT molecular complexity index is 501. The second-order valence-corrected chi connectivity index (χ2v) is 3.74. The van der Waals surface area contributed by atoms with Crippen LogP contribution in [-0.4, -0.2) is 27.0 Å². The third kappa shape index (κ3) is 2.40. The highest BCUT2D eigenvalue weighted by molar-refractivity contribution is 7.98. The highest BCUT2D eigenvalue weighted by atomic mass is 32.2. The molecule has 0 atom stereocenters. The van der Waals surface area contributed by atoms with Crippen molar-refractivity contribution in [3.8, 4) is 6.01 Å². The van der Waals surface area contributed by atoms with Crippen molar-refractivity contribution in [2.24, 2.45) is 0 Å². The van der Waals surface area contributed by atoms with Crippen molar-refractivity contribution in [1.82, 2.24) is 19.9 Å². The van der Waals surface area contributed by atoms with Crippen molar-refractivity contribution >= 4 is 17.7 Å². The number of aryl methyl sites for hydroxylation is 1. The van der Waals surface area contributed by atoms with Gasteiger partial charge in [0.1, 0.15) is 6.26 Å². The maximum absolute atomic E-state index is 5.49. The molecule has 8 heteroatoms. The summed E-state index contributed by atoms with van der Waals surface area (Å²) < 4.78 is 10.0. The van der Waals surface area contributed by atoms with Crippen LogP contribution in [0.4, 0.5) is 5.95 Å². The number of aromatic nitrogens is 4. The molecule has 0 aromatic carbocycles. The molecule has 16 heavy (non-hydrogen) atoms. The average Bonchev–Trinajstić information content (AvgIpc) is 2.63. The molecule has 2 aromatic rings. The fourth-order valence-electron chi connectivity index (χ4n) is 0.947. The van der Waals surface area contributed by atoms with Gasteiger partial charge in [-0.15, -0.1) is 0 Å². The summed E-state index contributed by atoms with van der Waals surface area (Å²) >= 11 is 1.15. The van der Waals surface area contributed by atoms with E-state index in [0.717, 1.165) is 17.5 Å². The Morgan fingerprint density at radius 3 is 2.75 bits per heavy atom. The number of hydrogen-bond acceptors (Lipinski definition) is 8. The van der Waals surface area contributed by atoms with Crippen LogP contribution in [0.2, 0.25) is 0 Å².